The Hall–Kier alpha value is -4.74. The minimum atomic E-state index is -0.637. The van der Waals surface area contributed by atoms with Gasteiger partial charge in [0.1, 0.15) is 17.3 Å². The van der Waals surface area contributed by atoms with E-state index in [1.165, 1.54) is 43.5 Å². The van der Waals surface area contributed by atoms with E-state index in [1.54, 1.807) is 42.5 Å². The number of hydrogen-bond donors (Lipinski definition) is 5. The predicted molar refractivity (Wildman–Crippen MR) is 199 cm³/mol. The number of carbonyl (C=O) groups is 3. The second-order valence-electron chi connectivity index (χ2n) is 10.9. The molecule has 0 fully saturated rings. The largest absolute Gasteiger partial charge is 0.508 e. The average molecular weight is 742 g/mol. The molecule has 264 valence electrons. The van der Waals surface area contributed by atoms with Crippen LogP contribution in [0, 0.1) is 0 Å². The van der Waals surface area contributed by atoms with Gasteiger partial charge >= 0.3 is 0 Å². The summed E-state index contributed by atoms with van der Waals surface area (Å²) >= 11 is 19.1. The van der Waals surface area contributed by atoms with E-state index in [2.05, 4.69) is 22.5 Å². The molecule has 6 N–H and O–H groups in total. The molecule has 10 nitrogen and oxygen atoms in total. The molecule has 1 unspecified atom stereocenters. The minimum absolute atomic E-state index is 0. The van der Waals surface area contributed by atoms with Crippen LogP contribution in [0.1, 0.15) is 56.0 Å². The van der Waals surface area contributed by atoms with Gasteiger partial charge in [0.15, 0.2) is 0 Å². The first-order valence-corrected chi connectivity index (χ1v) is 16.2. The monoisotopic (exact) mass is 740 g/mol. The fourth-order valence-corrected chi connectivity index (χ4v) is 5.60. The van der Waals surface area contributed by atoms with Crippen LogP contribution in [0.4, 0.5) is 5.69 Å². The Labute approximate surface area is 306 Å². The molecule has 1 atom stereocenters. The van der Waals surface area contributed by atoms with E-state index >= 15 is 0 Å². The van der Waals surface area contributed by atoms with Gasteiger partial charge in [-0.1, -0.05) is 73.1 Å². The van der Waals surface area contributed by atoms with Gasteiger partial charge in [-0.25, -0.2) is 0 Å². The van der Waals surface area contributed by atoms with Crippen LogP contribution in [0.5, 0.6) is 11.5 Å². The van der Waals surface area contributed by atoms with Crippen LogP contribution in [0.25, 0.3) is 0 Å². The smallest absolute Gasteiger partial charge is 0.258 e. The third-order valence-corrected chi connectivity index (χ3v) is 8.22. The van der Waals surface area contributed by atoms with Gasteiger partial charge in [-0.15, -0.1) is 0 Å². The van der Waals surface area contributed by atoms with Gasteiger partial charge in [-0.05, 0) is 85.1 Å². The third-order valence-electron chi connectivity index (χ3n) is 7.31. The first-order chi connectivity index (χ1) is 23.5. The lowest BCUT2D eigenvalue weighted by Gasteiger charge is -2.21. The zero-order valence-corrected chi connectivity index (χ0v) is 28.8. The number of amides is 3. The summed E-state index contributed by atoms with van der Waals surface area (Å²) in [6.45, 7) is 5.00. The van der Waals surface area contributed by atoms with Crippen LogP contribution in [-0.4, -0.2) is 49.1 Å². The molecule has 4 aromatic carbocycles. The van der Waals surface area contributed by atoms with Crippen molar-refractivity contribution in [2.45, 2.75) is 32.9 Å². The highest BCUT2D eigenvalue weighted by molar-refractivity contribution is 6.40. The molecule has 50 heavy (non-hydrogen) atoms. The Morgan fingerprint density at radius 3 is 2.20 bits per heavy atom. The van der Waals surface area contributed by atoms with E-state index in [0.717, 1.165) is 11.1 Å². The average Bonchev–Trinajstić information content (AvgIpc) is 3.07. The van der Waals surface area contributed by atoms with Gasteiger partial charge in [0, 0.05) is 17.8 Å². The predicted octanol–water partition coefficient (Wildman–Crippen LogP) is 7.40. The Bertz CT molecular complexity index is 1810. The van der Waals surface area contributed by atoms with Crippen molar-refractivity contribution in [3.63, 3.8) is 0 Å². The van der Waals surface area contributed by atoms with Gasteiger partial charge in [0.05, 0.1) is 46.0 Å². The van der Waals surface area contributed by atoms with E-state index in [-0.39, 0.29) is 51.5 Å². The van der Waals surface area contributed by atoms with Gasteiger partial charge in [0.2, 0.25) is 0 Å². The summed E-state index contributed by atoms with van der Waals surface area (Å²) in [6.07, 6.45) is 0.970. The second-order valence-corrected chi connectivity index (χ2v) is 12.1. The van der Waals surface area contributed by atoms with Gasteiger partial charge in [-0.2, -0.15) is 0 Å². The maximum absolute atomic E-state index is 13.3. The molecular weight excluding hydrogens is 703 g/mol. The lowest BCUT2D eigenvalue weighted by atomic mass is 10.0. The molecule has 4 aromatic rings. The zero-order valence-electron chi connectivity index (χ0n) is 26.5. The van der Waals surface area contributed by atoms with Crippen molar-refractivity contribution >= 4 is 58.2 Å². The summed E-state index contributed by atoms with van der Waals surface area (Å²) < 4.78 is 10.9. The lowest BCUT2D eigenvalue weighted by Crippen LogP contribution is -2.38. The van der Waals surface area contributed by atoms with Crippen LogP contribution >= 0.6 is 34.8 Å². The maximum Gasteiger partial charge on any atom is 0.258 e. The summed E-state index contributed by atoms with van der Waals surface area (Å²) in [4.78, 5) is 39.0. The van der Waals surface area contributed by atoms with E-state index in [1.807, 2.05) is 0 Å². The van der Waals surface area contributed by atoms with Crippen molar-refractivity contribution in [2.24, 2.45) is 5.73 Å². The highest BCUT2D eigenvalue weighted by atomic mass is 35.5. The number of hydrogen-bond acceptors (Lipinski definition) is 7. The number of carbonyl (C=O) groups excluding carboxylic acids is 3. The number of halogens is 3. The first kappa shape index (κ1) is 39.7. The molecule has 0 radical (unpaired) electrons. The summed E-state index contributed by atoms with van der Waals surface area (Å²) in [5.74, 6) is -0.534. The number of ether oxygens (including phenoxy) is 2. The molecular formula is C37H39Cl3N4O6. The van der Waals surface area contributed by atoms with Gasteiger partial charge in [0.25, 0.3) is 17.7 Å². The summed E-state index contributed by atoms with van der Waals surface area (Å²) in [5, 5.41) is 18.4. The quantitative estimate of drug-likeness (QED) is 0.0629. The normalized spacial score (nSPS) is 11.1. The second kappa shape index (κ2) is 18.9. The molecule has 0 heterocycles. The molecule has 0 bridgehead atoms. The number of benzene rings is 4. The molecule has 3 amide bonds. The molecule has 0 saturated carbocycles. The highest BCUT2D eigenvalue weighted by Gasteiger charge is 2.22. The molecule has 0 aromatic heterocycles. The fraction of sp³-hybridized carbons (Fsp3) is 0.216. The topological polar surface area (TPSA) is 152 Å². The first-order valence-electron chi connectivity index (χ1n) is 15.1. The number of anilines is 1. The van der Waals surface area contributed by atoms with Crippen molar-refractivity contribution in [3.05, 3.63) is 134 Å². The highest BCUT2D eigenvalue weighted by Crippen LogP contribution is 2.31. The molecule has 0 saturated heterocycles. The zero-order chi connectivity index (χ0) is 35.5. The number of nitrogens with two attached hydrogens (primary N) is 1. The van der Waals surface area contributed by atoms with Crippen LogP contribution in [0.15, 0.2) is 91.2 Å². The van der Waals surface area contributed by atoms with Crippen molar-refractivity contribution < 1.29 is 29.0 Å². The lowest BCUT2D eigenvalue weighted by molar-refractivity contribution is 0.0924. The molecule has 0 aliphatic rings. The SMILES string of the molecule is C.C=C(OC)C(Cc1ccc(NC(=O)c2c(Cl)cc(OCCCN)cc2Cl)cc1)NC(=O)c1ccc(C(=O)NCc2cccc(O)c2)cc1Cl. The number of phenols is 1. The van der Waals surface area contributed by atoms with Crippen molar-refractivity contribution in [2.75, 3.05) is 25.6 Å². The van der Waals surface area contributed by atoms with E-state index in [9.17, 15) is 19.5 Å². The summed E-state index contributed by atoms with van der Waals surface area (Å²) in [6, 6.07) is 20.3. The number of aromatic hydroxyl groups is 1. The van der Waals surface area contributed by atoms with Gasteiger partial charge in [-0.3, -0.25) is 14.4 Å². The molecule has 4 rings (SSSR count). The van der Waals surface area contributed by atoms with Crippen molar-refractivity contribution in [1.82, 2.24) is 10.6 Å². The Kier molecular flexibility index (Phi) is 15.0. The Balaban J connectivity index is 0.00000676. The number of rotatable bonds is 15. The molecule has 0 aliphatic carbocycles. The minimum Gasteiger partial charge on any atom is -0.508 e. The van der Waals surface area contributed by atoms with Crippen LogP contribution in [0.2, 0.25) is 15.1 Å². The summed E-state index contributed by atoms with van der Waals surface area (Å²) in [7, 11) is 1.45. The molecule has 0 spiro atoms. The van der Waals surface area contributed by atoms with Crippen LogP contribution in [0.3, 0.4) is 0 Å². The standard InChI is InChI=1S/C36H35Cl3N4O6.CH4/c1-21(48-2)32(43-35(46)28-12-9-24(17-29(28)37)34(45)41-20-23-5-3-6-26(44)15-23)16-22-7-10-25(11-8-22)42-36(47)33-30(38)18-27(19-31(33)39)49-14-4-13-40;/h3,5-12,15,17-19,32,44H,1,4,13-14,16,20,40H2,2H3,(H,41,45)(H,42,47)(H,43,46);1H4. The third kappa shape index (κ3) is 10.9. The van der Waals surface area contributed by atoms with Crippen molar-refractivity contribution in [3.8, 4) is 11.5 Å². The van der Waals surface area contributed by atoms with Crippen molar-refractivity contribution in [1.29, 1.82) is 0 Å². The number of nitrogens with one attached hydrogen (secondary N) is 3. The maximum atomic E-state index is 13.3. The number of methoxy groups -OCH3 is 1. The fourth-order valence-electron chi connectivity index (χ4n) is 4.69. The van der Waals surface area contributed by atoms with Gasteiger partial charge < -0.3 is 36.3 Å². The van der Waals surface area contributed by atoms with E-state index in [0.29, 0.717) is 43.2 Å². The Morgan fingerprint density at radius 1 is 0.880 bits per heavy atom. The Morgan fingerprint density at radius 2 is 1.58 bits per heavy atom. The van der Waals surface area contributed by atoms with Crippen LogP contribution < -0.4 is 26.4 Å². The van der Waals surface area contributed by atoms with E-state index in [4.69, 9.17) is 50.0 Å². The number of phenolic OH excluding ortho intramolecular Hbond substituents is 1. The molecule has 13 heteroatoms. The van der Waals surface area contributed by atoms with E-state index < -0.39 is 23.8 Å². The molecule has 0 aliphatic heterocycles. The van der Waals surface area contributed by atoms with Crippen LogP contribution in [-0.2, 0) is 17.7 Å². The summed E-state index contributed by atoms with van der Waals surface area (Å²) in [5.41, 5.74) is 8.05.